The van der Waals surface area contributed by atoms with Gasteiger partial charge in [0.05, 0.1) is 11.4 Å². The molecule has 0 saturated heterocycles. The van der Waals surface area contributed by atoms with Crippen molar-refractivity contribution in [2.75, 3.05) is 23.9 Å². The van der Waals surface area contributed by atoms with Crippen molar-refractivity contribution < 1.29 is 8.78 Å². The Bertz CT molecular complexity index is 398. The smallest absolute Gasteiger partial charge is 0.151 e. The highest BCUT2D eigenvalue weighted by atomic mass is 32.2. The molecule has 0 radical (unpaired) electrons. The molecule has 18 heavy (non-hydrogen) atoms. The van der Waals surface area contributed by atoms with Crippen molar-refractivity contribution in [2.45, 2.75) is 31.4 Å². The molecule has 0 aromatic heterocycles. The Balaban J connectivity index is 2.86. The molecule has 0 aliphatic rings. The minimum atomic E-state index is -0.722. The summed E-state index contributed by atoms with van der Waals surface area (Å²) in [6, 6.07) is 2.02. The summed E-state index contributed by atoms with van der Waals surface area (Å²) in [5.41, 5.74) is 5.89. The van der Waals surface area contributed by atoms with E-state index in [2.05, 4.69) is 19.2 Å². The van der Waals surface area contributed by atoms with E-state index in [1.807, 2.05) is 6.26 Å². The largest absolute Gasteiger partial charge is 0.395 e. The second-order valence-electron chi connectivity index (χ2n) is 4.30. The number of nitrogens with two attached hydrogens (primary N) is 1. The first-order chi connectivity index (χ1) is 8.48. The number of thioether (sulfide) groups is 1. The van der Waals surface area contributed by atoms with Crippen LogP contribution < -0.4 is 11.1 Å². The van der Waals surface area contributed by atoms with Gasteiger partial charge in [-0.05, 0) is 25.2 Å². The average Bonchev–Trinajstić information content (AvgIpc) is 2.37. The Morgan fingerprint density at radius 1 is 1.28 bits per heavy atom. The van der Waals surface area contributed by atoms with Gasteiger partial charge in [-0.15, -0.1) is 0 Å². The van der Waals surface area contributed by atoms with E-state index < -0.39 is 11.6 Å². The molecule has 0 bridgehead atoms. The van der Waals surface area contributed by atoms with Gasteiger partial charge in [0.15, 0.2) is 5.82 Å². The first-order valence-electron chi connectivity index (χ1n) is 6.01. The van der Waals surface area contributed by atoms with E-state index in [4.69, 9.17) is 5.73 Å². The molecule has 3 N–H and O–H groups in total. The van der Waals surface area contributed by atoms with Crippen LogP contribution in [0.2, 0.25) is 0 Å². The topological polar surface area (TPSA) is 38.0 Å². The number of rotatable bonds is 6. The van der Waals surface area contributed by atoms with Gasteiger partial charge in [0, 0.05) is 17.4 Å². The van der Waals surface area contributed by atoms with Crippen molar-refractivity contribution in [3.05, 3.63) is 23.8 Å². The second-order valence-corrected chi connectivity index (χ2v) is 5.57. The molecule has 0 aliphatic carbocycles. The van der Waals surface area contributed by atoms with Crippen LogP contribution in [0.1, 0.15) is 26.7 Å². The van der Waals surface area contributed by atoms with E-state index in [0.29, 0.717) is 12.2 Å². The Morgan fingerprint density at radius 3 is 2.39 bits per heavy atom. The van der Waals surface area contributed by atoms with Gasteiger partial charge in [0.25, 0.3) is 0 Å². The first kappa shape index (κ1) is 15.1. The minimum absolute atomic E-state index is 0.0291. The van der Waals surface area contributed by atoms with Crippen molar-refractivity contribution in [3.8, 4) is 0 Å². The summed E-state index contributed by atoms with van der Waals surface area (Å²) in [6.45, 7) is 4.85. The van der Waals surface area contributed by atoms with Gasteiger partial charge in [0.1, 0.15) is 5.82 Å². The van der Waals surface area contributed by atoms with Crippen LogP contribution in [-0.2, 0) is 0 Å². The maximum absolute atomic E-state index is 13.3. The van der Waals surface area contributed by atoms with Crippen LogP contribution in [0, 0.1) is 11.6 Å². The van der Waals surface area contributed by atoms with E-state index in [-0.39, 0.29) is 10.4 Å². The van der Waals surface area contributed by atoms with Gasteiger partial charge in [-0.2, -0.15) is 11.8 Å². The first-order valence-corrected chi connectivity index (χ1v) is 7.24. The molecule has 1 aromatic carbocycles. The fourth-order valence-corrected chi connectivity index (χ4v) is 2.64. The van der Waals surface area contributed by atoms with Crippen LogP contribution in [0.3, 0.4) is 0 Å². The van der Waals surface area contributed by atoms with Gasteiger partial charge >= 0.3 is 0 Å². The number of nitrogens with one attached hydrogen (secondary N) is 1. The predicted octanol–water partition coefficient (Wildman–Crippen LogP) is 3.88. The van der Waals surface area contributed by atoms with Crippen LogP contribution >= 0.6 is 11.8 Å². The van der Waals surface area contributed by atoms with Crippen LogP contribution in [0.4, 0.5) is 20.2 Å². The summed E-state index contributed by atoms with van der Waals surface area (Å²) in [4.78, 5) is 0. The molecule has 0 aliphatic heterocycles. The molecule has 0 saturated carbocycles. The summed E-state index contributed by atoms with van der Waals surface area (Å²) in [6.07, 6.45) is 4.01. The summed E-state index contributed by atoms with van der Waals surface area (Å²) in [5, 5.41) is 3.06. The SMILES string of the molecule is CCC(CC)(CNc1cc(F)cc(F)c1N)SC. The number of halogens is 2. The molecule has 0 unspecified atom stereocenters. The lowest BCUT2D eigenvalue weighted by Gasteiger charge is -2.30. The third kappa shape index (κ3) is 3.28. The highest BCUT2D eigenvalue weighted by Crippen LogP contribution is 2.32. The minimum Gasteiger partial charge on any atom is -0.395 e. The molecular formula is C13H20F2N2S. The van der Waals surface area contributed by atoms with Crippen molar-refractivity contribution in [1.29, 1.82) is 0 Å². The highest BCUT2D eigenvalue weighted by Gasteiger charge is 2.25. The standard InChI is InChI=1S/C13H20F2N2S/c1-4-13(5-2,18-3)8-17-11-7-9(14)6-10(15)12(11)16/h6-7,17H,4-5,8,16H2,1-3H3. The highest BCUT2D eigenvalue weighted by molar-refractivity contribution is 8.00. The second kappa shape index (κ2) is 6.27. The lowest BCUT2D eigenvalue weighted by Crippen LogP contribution is -2.32. The predicted molar refractivity (Wildman–Crippen MR) is 76.1 cm³/mol. The lowest BCUT2D eigenvalue weighted by molar-refractivity contribution is 0.571. The molecule has 1 rings (SSSR count). The molecule has 0 heterocycles. The molecule has 5 heteroatoms. The zero-order chi connectivity index (χ0) is 13.8. The normalized spacial score (nSPS) is 11.6. The van der Waals surface area contributed by atoms with Crippen molar-refractivity contribution >= 4 is 23.1 Å². The molecule has 102 valence electrons. The molecule has 1 aromatic rings. The summed E-state index contributed by atoms with van der Waals surface area (Å²) in [5.74, 6) is -1.34. The molecule has 0 spiro atoms. The third-order valence-electron chi connectivity index (χ3n) is 3.42. The molecule has 0 amide bonds. The van der Waals surface area contributed by atoms with Crippen LogP contribution in [0.25, 0.3) is 0 Å². The number of benzene rings is 1. The van der Waals surface area contributed by atoms with E-state index in [1.54, 1.807) is 11.8 Å². The Morgan fingerprint density at radius 2 is 1.89 bits per heavy atom. The zero-order valence-electron chi connectivity index (χ0n) is 11.0. The van der Waals surface area contributed by atoms with Gasteiger partial charge in [-0.1, -0.05) is 13.8 Å². The van der Waals surface area contributed by atoms with E-state index >= 15 is 0 Å². The van der Waals surface area contributed by atoms with Crippen LogP contribution in [0.15, 0.2) is 12.1 Å². The molecular weight excluding hydrogens is 254 g/mol. The molecule has 2 nitrogen and oxygen atoms in total. The summed E-state index contributed by atoms with van der Waals surface area (Å²) < 4.78 is 26.5. The summed E-state index contributed by atoms with van der Waals surface area (Å²) >= 11 is 1.76. The van der Waals surface area contributed by atoms with Gasteiger partial charge in [0.2, 0.25) is 0 Å². The number of hydrogen-bond donors (Lipinski definition) is 2. The Hall–Kier alpha value is -0.970. The van der Waals surface area contributed by atoms with Crippen LogP contribution in [0.5, 0.6) is 0 Å². The fourth-order valence-electron chi connectivity index (χ4n) is 1.85. The number of nitrogen functional groups attached to an aromatic ring is 1. The van der Waals surface area contributed by atoms with E-state index in [0.717, 1.165) is 18.9 Å². The average molecular weight is 274 g/mol. The van der Waals surface area contributed by atoms with Gasteiger partial charge in [-0.25, -0.2) is 8.78 Å². The van der Waals surface area contributed by atoms with E-state index in [1.165, 1.54) is 6.07 Å². The number of hydrogen-bond acceptors (Lipinski definition) is 3. The lowest BCUT2D eigenvalue weighted by atomic mass is 10.0. The van der Waals surface area contributed by atoms with E-state index in [9.17, 15) is 8.78 Å². The summed E-state index contributed by atoms with van der Waals surface area (Å²) in [7, 11) is 0. The van der Waals surface area contributed by atoms with Crippen molar-refractivity contribution in [1.82, 2.24) is 0 Å². The Labute approximate surface area is 111 Å². The molecule has 0 fully saturated rings. The quantitative estimate of drug-likeness (QED) is 0.773. The zero-order valence-corrected chi connectivity index (χ0v) is 11.8. The monoisotopic (exact) mass is 274 g/mol. The van der Waals surface area contributed by atoms with Crippen LogP contribution in [-0.4, -0.2) is 17.5 Å². The fraction of sp³-hybridized carbons (Fsp3) is 0.538. The number of anilines is 2. The third-order valence-corrected chi connectivity index (χ3v) is 5.00. The Kier molecular flexibility index (Phi) is 5.26. The molecule has 0 atom stereocenters. The maximum atomic E-state index is 13.3. The van der Waals surface area contributed by atoms with Gasteiger partial charge < -0.3 is 11.1 Å². The van der Waals surface area contributed by atoms with Crippen molar-refractivity contribution in [2.24, 2.45) is 0 Å². The van der Waals surface area contributed by atoms with Gasteiger partial charge in [-0.3, -0.25) is 0 Å². The maximum Gasteiger partial charge on any atom is 0.151 e. The van der Waals surface area contributed by atoms with Crippen molar-refractivity contribution in [3.63, 3.8) is 0 Å².